The molecule has 6 nitrogen and oxygen atoms in total. The van der Waals surface area contributed by atoms with E-state index in [1.807, 2.05) is 0 Å². The maximum absolute atomic E-state index is 12.2. The third kappa shape index (κ3) is 4.39. The van der Waals surface area contributed by atoms with Crippen molar-refractivity contribution < 1.29 is 8.42 Å². The lowest BCUT2D eigenvalue weighted by atomic mass is 10.1. The Labute approximate surface area is 116 Å². The van der Waals surface area contributed by atoms with E-state index in [1.54, 1.807) is 4.31 Å². The van der Waals surface area contributed by atoms with E-state index >= 15 is 0 Å². The molecule has 0 bridgehead atoms. The summed E-state index contributed by atoms with van der Waals surface area (Å²) in [6, 6.07) is 0.0842. The number of nitrogens with one attached hydrogen (secondary N) is 1. The number of rotatable bonds is 5. The van der Waals surface area contributed by atoms with E-state index in [0.717, 1.165) is 51.7 Å². The molecule has 112 valence electrons. The topological polar surface area (TPSA) is 78.7 Å². The summed E-state index contributed by atoms with van der Waals surface area (Å²) in [6.07, 6.45) is 4.87. The van der Waals surface area contributed by atoms with Gasteiger partial charge in [-0.2, -0.15) is 17.4 Å². The highest BCUT2D eigenvalue weighted by Gasteiger charge is 2.28. The van der Waals surface area contributed by atoms with Crippen molar-refractivity contribution in [3.05, 3.63) is 0 Å². The van der Waals surface area contributed by atoms with Gasteiger partial charge in [0, 0.05) is 32.2 Å². The van der Waals surface area contributed by atoms with Gasteiger partial charge in [0.2, 0.25) is 0 Å². The van der Waals surface area contributed by atoms with Gasteiger partial charge in [-0.15, -0.1) is 0 Å². The van der Waals surface area contributed by atoms with Crippen LogP contribution in [0.25, 0.3) is 0 Å². The zero-order chi connectivity index (χ0) is 13.7. The first-order chi connectivity index (χ1) is 9.12. The van der Waals surface area contributed by atoms with Crippen LogP contribution in [0.5, 0.6) is 0 Å². The Balaban J connectivity index is 1.80. The van der Waals surface area contributed by atoms with Crippen LogP contribution in [0, 0.1) is 0 Å². The van der Waals surface area contributed by atoms with E-state index in [1.165, 1.54) is 0 Å². The highest BCUT2D eigenvalue weighted by Crippen LogP contribution is 2.15. The smallest absolute Gasteiger partial charge is 0.279 e. The quantitative estimate of drug-likeness (QED) is 0.730. The molecule has 0 atom stereocenters. The number of hydrogen-bond donors (Lipinski definition) is 2. The van der Waals surface area contributed by atoms with Gasteiger partial charge in [0.15, 0.2) is 0 Å². The van der Waals surface area contributed by atoms with Gasteiger partial charge in [0.1, 0.15) is 0 Å². The molecule has 0 aromatic heterocycles. The molecule has 0 aliphatic carbocycles. The van der Waals surface area contributed by atoms with Gasteiger partial charge < -0.3 is 10.6 Å². The lowest BCUT2D eigenvalue weighted by Crippen LogP contribution is -2.51. The number of likely N-dealkylation sites (tertiary alicyclic amines) is 1. The molecule has 2 rings (SSSR count). The molecule has 0 saturated carbocycles. The van der Waals surface area contributed by atoms with Crippen LogP contribution in [-0.4, -0.2) is 62.9 Å². The van der Waals surface area contributed by atoms with E-state index in [-0.39, 0.29) is 6.04 Å². The fourth-order valence-corrected chi connectivity index (χ4v) is 4.39. The monoisotopic (exact) mass is 290 g/mol. The van der Waals surface area contributed by atoms with Crippen molar-refractivity contribution >= 4 is 10.2 Å². The first kappa shape index (κ1) is 15.2. The summed E-state index contributed by atoms with van der Waals surface area (Å²) in [7, 11) is -3.27. The van der Waals surface area contributed by atoms with Crippen molar-refractivity contribution in [2.24, 2.45) is 5.73 Å². The molecule has 0 aromatic rings. The van der Waals surface area contributed by atoms with Crippen LogP contribution < -0.4 is 10.5 Å². The summed E-state index contributed by atoms with van der Waals surface area (Å²) >= 11 is 0. The van der Waals surface area contributed by atoms with Crippen molar-refractivity contribution in [1.29, 1.82) is 0 Å². The standard InChI is InChI=1S/C12H26N4O2S/c13-6-11-15-9-4-12(5-10-15)14-19(17,18)16-7-2-1-3-8-16/h12,14H,1-11,13H2. The molecular weight excluding hydrogens is 264 g/mol. The van der Waals surface area contributed by atoms with Crippen molar-refractivity contribution in [3.8, 4) is 0 Å². The first-order valence-corrected chi connectivity index (χ1v) is 8.75. The Morgan fingerprint density at radius 2 is 1.68 bits per heavy atom. The van der Waals surface area contributed by atoms with E-state index in [0.29, 0.717) is 19.6 Å². The Bertz CT molecular complexity index is 360. The second kappa shape index (κ2) is 6.99. The molecule has 7 heteroatoms. The van der Waals surface area contributed by atoms with Gasteiger partial charge in [0.25, 0.3) is 10.2 Å². The van der Waals surface area contributed by atoms with Crippen LogP contribution in [0.1, 0.15) is 32.1 Å². The molecule has 2 saturated heterocycles. The molecule has 3 N–H and O–H groups in total. The fraction of sp³-hybridized carbons (Fsp3) is 1.00. The Morgan fingerprint density at radius 1 is 1.05 bits per heavy atom. The summed E-state index contributed by atoms with van der Waals surface area (Å²) in [6.45, 7) is 4.78. The lowest BCUT2D eigenvalue weighted by molar-refractivity contribution is 0.210. The van der Waals surface area contributed by atoms with Crippen LogP contribution in [0.4, 0.5) is 0 Å². The predicted octanol–water partition coefficient (Wildman–Crippen LogP) is -0.270. The summed E-state index contributed by atoms with van der Waals surface area (Å²) in [5.41, 5.74) is 5.53. The van der Waals surface area contributed by atoms with Crippen molar-refractivity contribution in [1.82, 2.24) is 13.9 Å². The largest absolute Gasteiger partial charge is 0.329 e. The normalized spacial score (nSPS) is 24.7. The average Bonchev–Trinajstić information content (AvgIpc) is 2.42. The molecule has 0 unspecified atom stereocenters. The van der Waals surface area contributed by atoms with Crippen LogP contribution in [0.2, 0.25) is 0 Å². The number of nitrogens with two attached hydrogens (primary N) is 1. The van der Waals surface area contributed by atoms with Gasteiger partial charge in [-0.1, -0.05) is 6.42 Å². The van der Waals surface area contributed by atoms with E-state index in [9.17, 15) is 8.42 Å². The van der Waals surface area contributed by atoms with Gasteiger partial charge in [-0.05, 0) is 38.8 Å². The van der Waals surface area contributed by atoms with Crippen LogP contribution in [0.15, 0.2) is 0 Å². The van der Waals surface area contributed by atoms with Crippen molar-refractivity contribution in [2.45, 2.75) is 38.1 Å². The maximum Gasteiger partial charge on any atom is 0.279 e. The molecule has 2 heterocycles. The van der Waals surface area contributed by atoms with Crippen LogP contribution in [0.3, 0.4) is 0 Å². The molecule has 2 fully saturated rings. The van der Waals surface area contributed by atoms with Gasteiger partial charge >= 0.3 is 0 Å². The molecule has 2 aliphatic rings. The van der Waals surface area contributed by atoms with Gasteiger partial charge in [-0.3, -0.25) is 0 Å². The van der Waals surface area contributed by atoms with Crippen LogP contribution >= 0.6 is 0 Å². The summed E-state index contributed by atoms with van der Waals surface area (Å²) < 4.78 is 29.0. The predicted molar refractivity (Wildman–Crippen MR) is 76.0 cm³/mol. The maximum atomic E-state index is 12.2. The summed E-state index contributed by atoms with van der Waals surface area (Å²) in [5.74, 6) is 0. The van der Waals surface area contributed by atoms with E-state index in [2.05, 4.69) is 9.62 Å². The molecule has 0 amide bonds. The number of nitrogens with zero attached hydrogens (tertiary/aromatic N) is 2. The molecular formula is C12H26N4O2S. The van der Waals surface area contributed by atoms with Gasteiger partial charge in [0.05, 0.1) is 0 Å². The average molecular weight is 290 g/mol. The number of piperidine rings is 2. The van der Waals surface area contributed by atoms with Crippen molar-refractivity contribution in [2.75, 3.05) is 39.3 Å². The zero-order valence-corrected chi connectivity index (χ0v) is 12.4. The SMILES string of the molecule is NCCN1CCC(NS(=O)(=O)N2CCCCC2)CC1. The Kier molecular flexibility index (Phi) is 5.58. The first-order valence-electron chi connectivity index (χ1n) is 7.31. The third-order valence-corrected chi connectivity index (χ3v) is 5.68. The number of hydrogen-bond acceptors (Lipinski definition) is 4. The second-order valence-electron chi connectivity index (χ2n) is 5.49. The Morgan fingerprint density at radius 3 is 2.26 bits per heavy atom. The molecule has 0 spiro atoms. The molecule has 0 radical (unpaired) electrons. The fourth-order valence-electron chi connectivity index (χ4n) is 2.85. The third-order valence-electron chi connectivity index (χ3n) is 4.00. The van der Waals surface area contributed by atoms with E-state index < -0.39 is 10.2 Å². The molecule has 0 aromatic carbocycles. The molecule has 19 heavy (non-hydrogen) atoms. The van der Waals surface area contributed by atoms with Crippen molar-refractivity contribution in [3.63, 3.8) is 0 Å². The lowest BCUT2D eigenvalue weighted by Gasteiger charge is -2.34. The van der Waals surface area contributed by atoms with Gasteiger partial charge in [-0.25, -0.2) is 0 Å². The van der Waals surface area contributed by atoms with E-state index in [4.69, 9.17) is 5.73 Å². The van der Waals surface area contributed by atoms with Crippen LogP contribution in [-0.2, 0) is 10.2 Å². The minimum Gasteiger partial charge on any atom is -0.329 e. The second-order valence-corrected chi connectivity index (χ2v) is 7.19. The zero-order valence-electron chi connectivity index (χ0n) is 11.6. The minimum atomic E-state index is -3.27. The highest BCUT2D eigenvalue weighted by atomic mass is 32.2. The Hall–Kier alpha value is -0.210. The highest BCUT2D eigenvalue weighted by molar-refractivity contribution is 7.87. The minimum absolute atomic E-state index is 0.0842. The summed E-state index contributed by atoms with van der Waals surface area (Å²) in [5, 5.41) is 0. The summed E-state index contributed by atoms with van der Waals surface area (Å²) in [4.78, 5) is 2.30. The molecule has 2 aliphatic heterocycles.